The Labute approximate surface area is 125 Å². The molecule has 4 heteroatoms. The van der Waals surface area contributed by atoms with Crippen LogP contribution in [0.5, 0.6) is 0 Å². The van der Waals surface area contributed by atoms with Gasteiger partial charge >= 0.3 is 0 Å². The Balaban J connectivity index is 2.27. The lowest BCUT2D eigenvalue weighted by molar-refractivity contribution is 0.0574. The van der Waals surface area contributed by atoms with Gasteiger partial charge < -0.3 is 10.0 Å². The summed E-state index contributed by atoms with van der Waals surface area (Å²) in [6.07, 6.45) is 3.76. The van der Waals surface area contributed by atoms with Crippen molar-refractivity contribution in [3.05, 3.63) is 33.8 Å². The number of carbonyl (C=O) groups is 1. The molecule has 3 nitrogen and oxygen atoms in total. The van der Waals surface area contributed by atoms with Crippen LogP contribution in [-0.4, -0.2) is 35.1 Å². The Morgan fingerprint density at radius 2 is 2.05 bits per heavy atom. The van der Waals surface area contributed by atoms with Gasteiger partial charge in [-0.1, -0.05) is 11.6 Å². The molecular weight excluding hydrogens is 274 g/mol. The van der Waals surface area contributed by atoms with Gasteiger partial charge in [0.05, 0.1) is 10.6 Å². The molecule has 0 radical (unpaired) electrons. The van der Waals surface area contributed by atoms with E-state index in [0.717, 1.165) is 36.9 Å². The van der Waals surface area contributed by atoms with Gasteiger partial charge in [0.15, 0.2) is 0 Å². The number of rotatable bonds is 3. The largest absolute Gasteiger partial charge is 0.396 e. The third kappa shape index (κ3) is 3.15. The Bertz CT molecular complexity index is 499. The molecule has 1 amide bonds. The van der Waals surface area contributed by atoms with Crippen molar-refractivity contribution in [3.63, 3.8) is 0 Å². The average molecular weight is 296 g/mol. The molecule has 1 saturated heterocycles. The first-order chi connectivity index (χ1) is 9.54. The van der Waals surface area contributed by atoms with Gasteiger partial charge in [0, 0.05) is 19.2 Å². The maximum Gasteiger partial charge on any atom is 0.255 e. The van der Waals surface area contributed by atoms with Gasteiger partial charge in [-0.05, 0) is 62.8 Å². The van der Waals surface area contributed by atoms with E-state index in [1.807, 2.05) is 30.9 Å². The van der Waals surface area contributed by atoms with Gasteiger partial charge in [0.2, 0.25) is 0 Å². The molecule has 110 valence electrons. The van der Waals surface area contributed by atoms with Crippen molar-refractivity contribution < 1.29 is 9.90 Å². The topological polar surface area (TPSA) is 40.5 Å². The first-order valence-electron chi connectivity index (χ1n) is 7.23. The van der Waals surface area contributed by atoms with Gasteiger partial charge in [0.1, 0.15) is 0 Å². The van der Waals surface area contributed by atoms with Crippen molar-refractivity contribution >= 4 is 17.5 Å². The number of piperidine rings is 1. The van der Waals surface area contributed by atoms with Gasteiger partial charge in [-0.3, -0.25) is 4.79 Å². The van der Waals surface area contributed by atoms with E-state index in [2.05, 4.69) is 0 Å². The monoisotopic (exact) mass is 295 g/mol. The molecule has 0 aromatic heterocycles. The van der Waals surface area contributed by atoms with E-state index >= 15 is 0 Å². The summed E-state index contributed by atoms with van der Waals surface area (Å²) in [7, 11) is 0. The van der Waals surface area contributed by atoms with Gasteiger partial charge in [-0.2, -0.15) is 0 Å². The summed E-state index contributed by atoms with van der Waals surface area (Å²) < 4.78 is 0. The van der Waals surface area contributed by atoms with E-state index in [9.17, 15) is 4.79 Å². The Hall–Kier alpha value is -1.06. The summed E-state index contributed by atoms with van der Waals surface area (Å²) in [5.41, 5.74) is 2.75. The number of amides is 1. The van der Waals surface area contributed by atoms with Gasteiger partial charge in [0.25, 0.3) is 5.91 Å². The predicted molar refractivity (Wildman–Crippen MR) is 81.3 cm³/mol. The summed E-state index contributed by atoms with van der Waals surface area (Å²) >= 11 is 6.24. The van der Waals surface area contributed by atoms with Crippen LogP contribution >= 0.6 is 11.6 Å². The van der Waals surface area contributed by atoms with Crippen molar-refractivity contribution in [2.24, 2.45) is 0 Å². The lowest BCUT2D eigenvalue weighted by Crippen LogP contribution is -2.44. The zero-order chi connectivity index (χ0) is 14.7. The van der Waals surface area contributed by atoms with Crippen LogP contribution in [-0.2, 0) is 0 Å². The van der Waals surface area contributed by atoms with E-state index in [4.69, 9.17) is 16.7 Å². The summed E-state index contributed by atoms with van der Waals surface area (Å²) in [6.45, 7) is 4.86. The van der Waals surface area contributed by atoms with Crippen LogP contribution in [0, 0.1) is 13.8 Å². The number of aliphatic hydroxyl groups is 1. The third-order valence-electron chi connectivity index (χ3n) is 4.16. The van der Waals surface area contributed by atoms with Gasteiger partial charge in [-0.15, -0.1) is 0 Å². The minimum atomic E-state index is -0.00347. The molecule has 1 aromatic rings. The molecule has 2 rings (SSSR count). The Morgan fingerprint density at radius 3 is 2.75 bits per heavy atom. The number of aliphatic hydroxyl groups excluding tert-OH is 1. The summed E-state index contributed by atoms with van der Waals surface area (Å²) in [4.78, 5) is 14.6. The molecule has 0 bridgehead atoms. The minimum Gasteiger partial charge on any atom is -0.396 e. The number of benzene rings is 1. The molecule has 1 aliphatic rings. The zero-order valence-corrected chi connectivity index (χ0v) is 12.9. The summed E-state index contributed by atoms with van der Waals surface area (Å²) in [5, 5.41) is 9.68. The molecule has 0 saturated carbocycles. The minimum absolute atomic E-state index is 0.00347. The predicted octanol–water partition coefficient (Wildman–Crippen LogP) is 3.33. The number of hydrogen-bond donors (Lipinski definition) is 1. The first kappa shape index (κ1) is 15.3. The lowest BCUT2D eigenvalue weighted by Gasteiger charge is -2.36. The second kappa shape index (κ2) is 6.59. The second-order valence-corrected chi connectivity index (χ2v) is 5.98. The highest BCUT2D eigenvalue weighted by atomic mass is 35.5. The Morgan fingerprint density at radius 1 is 1.35 bits per heavy atom. The number of halogens is 1. The SMILES string of the molecule is Cc1cc(Cl)c(C(=O)N2CCCCC2CCO)cc1C. The van der Waals surface area contributed by atoms with E-state index in [-0.39, 0.29) is 18.6 Å². The second-order valence-electron chi connectivity index (χ2n) is 5.58. The summed E-state index contributed by atoms with van der Waals surface area (Å²) in [6, 6.07) is 3.87. The normalized spacial score (nSPS) is 19.2. The molecule has 20 heavy (non-hydrogen) atoms. The van der Waals surface area contributed by atoms with Crippen LogP contribution in [0.1, 0.15) is 47.2 Å². The fourth-order valence-electron chi connectivity index (χ4n) is 2.82. The third-order valence-corrected chi connectivity index (χ3v) is 4.48. The molecule has 1 aromatic carbocycles. The van der Waals surface area contributed by atoms with Crippen molar-refractivity contribution in [2.45, 2.75) is 45.6 Å². The highest BCUT2D eigenvalue weighted by molar-refractivity contribution is 6.34. The molecule has 1 N–H and O–H groups in total. The van der Waals surface area contributed by atoms with Crippen LogP contribution < -0.4 is 0 Å². The van der Waals surface area contributed by atoms with E-state index in [1.54, 1.807) is 0 Å². The van der Waals surface area contributed by atoms with E-state index < -0.39 is 0 Å². The van der Waals surface area contributed by atoms with Crippen molar-refractivity contribution in [1.82, 2.24) is 4.90 Å². The molecule has 1 atom stereocenters. The molecular formula is C16H22ClNO2. The smallest absolute Gasteiger partial charge is 0.255 e. The van der Waals surface area contributed by atoms with Crippen molar-refractivity contribution in [3.8, 4) is 0 Å². The maximum atomic E-state index is 12.7. The van der Waals surface area contributed by atoms with Crippen LogP contribution in [0.3, 0.4) is 0 Å². The first-order valence-corrected chi connectivity index (χ1v) is 7.61. The quantitative estimate of drug-likeness (QED) is 0.929. The molecule has 0 spiro atoms. The maximum absolute atomic E-state index is 12.7. The van der Waals surface area contributed by atoms with Crippen molar-refractivity contribution in [1.29, 1.82) is 0 Å². The van der Waals surface area contributed by atoms with Crippen LogP contribution in [0.15, 0.2) is 12.1 Å². The number of carbonyl (C=O) groups excluding carboxylic acids is 1. The molecule has 1 unspecified atom stereocenters. The Kier molecular flexibility index (Phi) is 5.06. The molecule has 1 aliphatic heterocycles. The van der Waals surface area contributed by atoms with E-state index in [1.165, 1.54) is 0 Å². The number of hydrogen-bond acceptors (Lipinski definition) is 2. The van der Waals surface area contributed by atoms with E-state index in [0.29, 0.717) is 17.0 Å². The lowest BCUT2D eigenvalue weighted by atomic mass is 9.97. The highest BCUT2D eigenvalue weighted by Crippen LogP contribution is 2.26. The number of likely N-dealkylation sites (tertiary alicyclic amines) is 1. The summed E-state index contributed by atoms with van der Waals surface area (Å²) in [5.74, 6) is -0.00347. The highest BCUT2D eigenvalue weighted by Gasteiger charge is 2.28. The van der Waals surface area contributed by atoms with Gasteiger partial charge in [-0.25, -0.2) is 0 Å². The molecule has 0 aliphatic carbocycles. The number of nitrogens with zero attached hydrogens (tertiary/aromatic N) is 1. The zero-order valence-electron chi connectivity index (χ0n) is 12.2. The van der Waals surface area contributed by atoms with Crippen LogP contribution in [0.25, 0.3) is 0 Å². The van der Waals surface area contributed by atoms with Crippen molar-refractivity contribution in [2.75, 3.05) is 13.2 Å². The standard InChI is InChI=1S/C16H22ClNO2/c1-11-9-14(15(17)10-12(11)2)16(20)18-7-4-3-5-13(18)6-8-19/h9-10,13,19H,3-8H2,1-2H3. The van der Waals surface area contributed by atoms with Crippen LogP contribution in [0.2, 0.25) is 5.02 Å². The fourth-order valence-corrected chi connectivity index (χ4v) is 3.12. The average Bonchev–Trinajstić information content (AvgIpc) is 2.43. The molecule has 1 heterocycles. The number of aryl methyl sites for hydroxylation is 2. The fraction of sp³-hybridized carbons (Fsp3) is 0.562. The van der Waals surface area contributed by atoms with Crippen LogP contribution in [0.4, 0.5) is 0 Å². The molecule has 1 fully saturated rings.